The molecule has 154 valence electrons. The summed E-state index contributed by atoms with van der Waals surface area (Å²) in [6.07, 6.45) is 8.24. The van der Waals surface area contributed by atoms with Gasteiger partial charge >= 0.3 is 0 Å². The van der Waals surface area contributed by atoms with Gasteiger partial charge in [-0.3, -0.25) is 4.79 Å². The van der Waals surface area contributed by atoms with Crippen molar-refractivity contribution in [1.82, 2.24) is 9.55 Å². The predicted molar refractivity (Wildman–Crippen MR) is 111 cm³/mol. The Bertz CT molecular complexity index is 990. The highest BCUT2D eigenvalue weighted by atomic mass is 19.1. The third-order valence-corrected chi connectivity index (χ3v) is 7.11. The van der Waals surface area contributed by atoms with Crippen LogP contribution in [0.2, 0.25) is 0 Å². The molecule has 2 aliphatic carbocycles. The maximum atomic E-state index is 14.3. The molecule has 0 spiro atoms. The first-order chi connectivity index (χ1) is 13.7. The molecule has 0 N–H and O–H groups in total. The number of imidazole rings is 1. The van der Waals surface area contributed by atoms with E-state index in [1.807, 2.05) is 6.07 Å². The van der Waals surface area contributed by atoms with Gasteiger partial charge in [0.25, 0.3) is 0 Å². The van der Waals surface area contributed by atoms with E-state index in [1.54, 1.807) is 6.07 Å². The van der Waals surface area contributed by atoms with Gasteiger partial charge in [0.05, 0.1) is 11.0 Å². The molecule has 1 heterocycles. The summed E-state index contributed by atoms with van der Waals surface area (Å²) in [5.74, 6) is 1.41. The van der Waals surface area contributed by atoms with E-state index in [1.165, 1.54) is 18.9 Å². The molecule has 2 aliphatic rings. The summed E-state index contributed by atoms with van der Waals surface area (Å²) in [5, 5.41) is 9.54. The average Bonchev–Trinajstić information content (AvgIpc) is 3.43. The highest BCUT2D eigenvalue weighted by Crippen LogP contribution is 2.47. The Morgan fingerprint density at radius 1 is 1.38 bits per heavy atom. The molecule has 2 aromatic rings. The molecule has 1 aromatic heterocycles. The lowest BCUT2D eigenvalue weighted by molar-refractivity contribution is -0.121. The minimum absolute atomic E-state index is 0.0802. The van der Waals surface area contributed by atoms with Gasteiger partial charge in [-0.2, -0.15) is 5.26 Å². The Labute approximate surface area is 172 Å². The lowest BCUT2D eigenvalue weighted by Gasteiger charge is -2.41. The monoisotopic (exact) mass is 395 g/mol. The van der Waals surface area contributed by atoms with Crippen molar-refractivity contribution in [2.75, 3.05) is 0 Å². The van der Waals surface area contributed by atoms with Crippen molar-refractivity contribution in [3.05, 3.63) is 29.3 Å². The first kappa shape index (κ1) is 20.1. The van der Waals surface area contributed by atoms with Gasteiger partial charge in [0.2, 0.25) is 0 Å². The van der Waals surface area contributed by atoms with Crippen LogP contribution in [0.15, 0.2) is 12.1 Å². The largest absolute Gasteiger partial charge is 0.321 e. The van der Waals surface area contributed by atoms with Crippen molar-refractivity contribution in [3.8, 4) is 6.07 Å². The van der Waals surface area contributed by atoms with Crippen LogP contribution >= 0.6 is 0 Å². The summed E-state index contributed by atoms with van der Waals surface area (Å²) in [6.45, 7) is 6.57. The number of carbonyl (C=O) groups excluding carboxylic acids is 1. The maximum Gasteiger partial charge on any atom is 0.143 e. The Balaban J connectivity index is 1.55. The van der Waals surface area contributed by atoms with Gasteiger partial charge in [0, 0.05) is 24.8 Å². The summed E-state index contributed by atoms with van der Waals surface area (Å²) >= 11 is 0. The predicted octanol–water partition coefficient (Wildman–Crippen LogP) is 5.66. The summed E-state index contributed by atoms with van der Waals surface area (Å²) in [7, 11) is 0. The van der Waals surface area contributed by atoms with Crippen LogP contribution in [-0.4, -0.2) is 15.3 Å². The number of carbonyl (C=O) groups is 1. The molecule has 1 aromatic carbocycles. The van der Waals surface area contributed by atoms with Crippen LogP contribution in [0, 0.1) is 28.5 Å². The van der Waals surface area contributed by atoms with Gasteiger partial charge < -0.3 is 4.57 Å². The Morgan fingerprint density at radius 2 is 2.10 bits per heavy atom. The number of aryl methyl sites for hydroxylation is 1. The minimum atomic E-state index is -0.492. The fourth-order valence-corrected chi connectivity index (χ4v) is 5.01. The lowest BCUT2D eigenvalue weighted by Crippen LogP contribution is -2.38. The van der Waals surface area contributed by atoms with Crippen LogP contribution in [0.5, 0.6) is 0 Å². The van der Waals surface area contributed by atoms with Gasteiger partial charge in [-0.25, -0.2) is 9.37 Å². The second kappa shape index (κ2) is 7.23. The van der Waals surface area contributed by atoms with Crippen LogP contribution in [0.25, 0.3) is 11.0 Å². The zero-order chi connectivity index (χ0) is 20.8. The van der Waals surface area contributed by atoms with Crippen molar-refractivity contribution in [3.63, 3.8) is 0 Å². The van der Waals surface area contributed by atoms with E-state index in [0.29, 0.717) is 42.0 Å². The van der Waals surface area contributed by atoms with Crippen LogP contribution < -0.4 is 0 Å². The molecule has 4 nitrogen and oxygen atoms in total. The van der Waals surface area contributed by atoms with Crippen molar-refractivity contribution < 1.29 is 9.18 Å². The fourth-order valence-electron chi connectivity index (χ4n) is 5.01. The summed E-state index contributed by atoms with van der Waals surface area (Å²) < 4.78 is 16.4. The highest BCUT2D eigenvalue weighted by Gasteiger charge is 2.39. The van der Waals surface area contributed by atoms with E-state index in [-0.39, 0.29) is 16.5 Å². The fraction of sp³-hybridized carbons (Fsp3) is 0.625. The third-order valence-electron chi connectivity index (χ3n) is 7.11. The number of hydrogen-bond acceptors (Lipinski definition) is 3. The number of nitriles is 1. The summed E-state index contributed by atoms with van der Waals surface area (Å²) in [5.41, 5.74) is 1.36. The van der Waals surface area contributed by atoms with Gasteiger partial charge in [-0.1, -0.05) is 13.8 Å². The molecule has 0 bridgehead atoms. The molecular weight excluding hydrogens is 365 g/mol. The van der Waals surface area contributed by atoms with Crippen molar-refractivity contribution in [2.24, 2.45) is 11.3 Å². The molecule has 2 saturated carbocycles. The van der Waals surface area contributed by atoms with E-state index >= 15 is 0 Å². The topological polar surface area (TPSA) is 58.7 Å². The second-order valence-electron chi connectivity index (χ2n) is 9.95. The Hall–Kier alpha value is -2.22. The maximum absolute atomic E-state index is 14.3. The summed E-state index contributed by atoms with van der Waals surface area (Å²) in [6, 6.07) is 5.03. The molecule has 5 heteroatoms. The standard InChI is InChI=1S/C24H30FN3O/c1-23(2,16-8-9-16)14-17(29)6-4-7-21-27-20-11-10-19(25)18(15-26)22(20)28(21)24(3)12-5-13-24/h10-11,16H,4-9,12-14H2,1-3H3. The molecular formula is C24H30FN3O. The number of rotatable bonds is 8. The van der Waals surface area contributed by atoms with E-state index in [2.05, 4.69) is 25.3 Å². The minimum Gasteiger partial charge on any atom is -0.321 e. The van der Waals surface area contributed by atoms with Crippen LogP contribution in [0.4, 0.5) is 4.39 Å². The normalized spacial score (nSPS) is 18.4. The van der Waals surface area contributed by atoms with Crippen molar-refractivity contribution >= 4 is 16.8 Å². The number of fused-ring (bicyclic) bond motifs is 1. The Kier molecular flexibility index (Phi) is 5.01. The average molecular weight is 396 g/mol. The van der Waals surface area contributed by atoms with E-state index in [0.717, 1.165) is 31.5 Å². The molecule has 0 amide bonds. The number of halogens is 1. The number of nitrogens with zero attached hydrogens (tertiary/aromatic N) is 3. The number of ketones is 1. The van der Waals surface area contributed by atoms with E-state index in [9.17, 15) is 14.4 Å². The van der Waals surface area contributed by atoms with Crippen molar-refractivity contribution in [1.29, 1.82) is 5.26 Å². The molecule has 29 heavy (non-hydrogen) atoms. The number of benzene rings is 1. The highest BCUT2D eigenvalue weighted by molar-refractivity contribution is 5.83. The molecule has 0 aliphatic heterocycles. The van der Waals surface area contributed by atoms with Gasteiger partial charge in [0.15, 0.2) is 0 Å². The molecule has 4 rings (SSSR count). The van der Waals surface area contributed by atoms with Crippen LogP contribution in [-0.2, 0) is 16.8 Å². The van der Waals surface area contributed by atoms with Gasteiger partial charge in [0.1, 0.15) is 29.1 Å². The first-order valence-electron chi connectivity index (χ1n) is 10.9. The zero-order valence-corrected chi connectivity index (χ0v) is 17.7. The second-order valence-corrected chi connectivity index (χ2v) is 9.95. The number of hydrogen-bond donors (Lipinski definition) is 0. The van der Waals surface area contributed by atoms with Gasteiger partial charge in [-0.15, -0.1) is 0 Å². The Morgan fingerprint density at radius 3 is 2.69 bits per heavy atom. The number of Topliss-reactive ketones (excluding diaryl/α,β-unsaturated/α-hetero) is 1. The third kappa shape index (κ3) is 3.70. The van der Waals surface area contributed by atoms with E-state index in [4.69, 9.17) is 4.98 Å². The molecule has 2 fully saturated rings. The van der Waals surface area contributed by atoms with Gasteiger partial charge in [-0.05, 0) is 68.9 Å². The van der Waals surface area contributed by atoms with E-state index < -0.39 is 5.82 Å². The van der Waals surface area contributed by atoms with Crippen molar-refractivity contribution in [2.45, 2.75) is 84.1 Å². The first-order valence-corrected chi connectivity index (χ1v) is 10.9. The van der Waals surface area contributed by atoms with Crippen LogP contribution in [0.1, 0.15) is 83.5 Å². The number of aromatic nitrogens is 2. The molecule has 0 saturated heterocycles. The SMILES string of the molecule is CC(C)(CC(=O)CCCc1nc2ccc(F)c(C#N)c2n1C1(C)CCC1)C1CC1. The van der Waals surface area contributed by atoms with Crippen LogP contribution in [0.3, 0.4) is 0 Å². The molecule has 0 atom stereocenters. The lowest BCUT2D eigenvalue weighted by atomic mass is 9.78. The molecule has 0 unspecified atom stereocenters. The smallest absolute Gasteiger partial charge is 0.143 e. The summed E-state index contributed by atoms with van der Waals surface area (Å²) in [4.78, 5) is 17.3. The quantitative estimate of drug-likeness (QED) is 0.579. The molecule has 0 radical (unpaired) electrons. The zero-order valence-electron chi connectivity index (χ0n) is 17.7.